The largest absolute Gasteiger partial charge is 1.00 e. The maximum Gasteiger partial charge on any atom is 1.00 e. The average molecular weight is 355 g/mol. The third-order valence-electron chi connectivity index (χ3n) is 3.82. The summed E-state index contributed by atoms with van der Waals surface area (Å²) in [6.45, 7) is 3.70. The van der Waals surface area contributed by atoms with Crippen LogP contribution in [-0.4, -0.2) is 59.4 Å². The Kier molecular flexibility index (Phi) is 17.4. The molecule has 0 amide bonds. The zero-order valence-electron chi connectivity index (χ0n) is 14.5. The van der Waals surface area contributed by atoms with Crippen LogP contribution in [0.15, 0.2) is 12.2 Å². The van der Waals surface area contributed by atoms with Gasteiger partial charge in [-0.1, -0.05) is 19.1 Å². The van der Waals surface area contributed by atoms with E-state index in [2.05, 4.69) is 19.1 Å². The molecule has 0 saturated carbocycles. The molecule has 0 radical (unpaired) electrons. The van der Waals surface area contributed by atoms with Crippen LogP contribution in [0.4, 0.5) is 0 Å². The Hall–Kier alpha value is 0.236. The molecule has 0 fully saturated rings. The Labute approximate surface area is 181 Å². The van der Waals surface area contributed by atoms with Crippen molar-refractivity contribution in [2.24, 2.45) is 0 Å². The number of nitrogens with zero attached hydrogens (tertiary/aromatic N) is 1. The molecule has 0 heterocycles. The van der Waals surface area contributed by atoms with Crippen LogP contribution in [0.25, 0.3) is 0 Å². The zero-order chi connectivity index (χ0) is 16.8. The van der Waals surface area contributed by atoms with Gasteiger partial charge in [0.15, 0.2) is 0 Å². The molecule has 0 rings (SSSR count). The Bertz CT molecular complexity index is 342. The zero-order valence-corrected chi connectivity index (χ0v) is 17.6. The summed E-state index contributed by atoms with van der Waals surface area (Å²) in [6, 6.07) is 0. The number of carbonyl (C=O) groups is 2. The number of unbranched alkanes of at least 4 members (excludes halogenated alkanes) is 2. The van der Waals surface area contributed by atoms with Crippen molar-refractivity contribution < 1.29 is 80.8 Å². The molecule has 0 aromatic heterocycles. The molecule has 6 nitrogen and oxygen atoms in total. The number of carboxylic acid groups (broad SMARTS) is 2. The van der Waals surface area contributed by atoms with Crippen molar-refractivity contribution >= 4 is 11.9 Å². The first kappa shape index (κ1) is 25.5. The third-order valence-corrected chi connectivity index (χ3v) is 3.82. The van der Waals surface area contributed by atoms with Crippen LogP contribution < -0.4 is 56.5 Å². The van der Waals surface area contributed by atoms with E-state index in [4.69, 9.17) is 5.11 Å². The van der Waals surface area contributed by atoms with Gasteiger partial charge >= 0.3 is 57.4 Å². The van der Waals surface area contributed by atoms with Gasteiger partial charge in [-0.2, -0.15) is 0 Å². The van der Waals surface area contributed by atoms with Gasteiger partial charge in [0, 0.05) is 12.4 Å². The number of carboxylic acids is 2. The summed E-state index contributed by atoms with van der Waals surface area (Å²) in [6.07, 6.45) is 7.91. The van der Waals surface area contributed by atoms with E-state index in [1.54, 1.807) is 0 Å². The van der Waals surface area contributed by atoms with E-state index in [0.29, 0.717) is 30.7 Å². The Morgan fingerprint density at radius 2 is 1.70 bits per heavy atom. The first-order chi connectivity index (χ1) is 10.5. The predicted molar refractivity (Wildman–Crippen MR) is 82.0 cm³/mol. The number of hydrogen-bond acceptors (Lipinski definition) is 4. The van der Waals surface area contributed by atoms with Gasteiger partial charge < -0.3 is 24.6 Å². The number of aliphatic carboxylic acids is 2. The Morgan fingerprint density at radius 1 is 1.04 bits per heavy atom. The van der Waals surface area contributed by atoms with Gasteiger partial charge in [-0.05, 0) is 25.7 Å². The van der Waals surface area contributed by atoms with Gasteiger partial charge in [-0.25, -0.2) is 0 Å². The summed E-state index contributed by atoms with van der Waals surface area (Å²) >= 11 is 0. The second-order valence-electron chi connectivity index (χ2n) is 5.60. The molecule has 23 heavy (non-hydrogen) atoms. The number of allylic oxidation sites excluding steroid dienone is 2. The van der Waals surface area contributed by atoms with Crippen molar-refractivity contribution in [2.45, 2.75) is 45.4 Å². The molecule has 7 heteroatoms. The number of aliphatic hydroxyl groups excluding tert-OH is 1. The Balaban J connectivity index is 0. The predicted octanol–water partition coefficient (Wildman–Crippen LogP) is -2.45. The van der Waals surface area contributed by atoms with Crippen LogP contribution in [0.3, 0.4) is 0 Å². The van der Waals surface area contributed by atoms with Crippen molar-refractivity contribution in [2.75, 3.05) is 32.8 Å². The van der Waals surface area contributed by atoms with E-state index < -0.39 is 11.9 Å². The molecule has 1 atom stereocenters. The minimum atomic E-state index is -1.14. The van der Waals surface area contributed by atoms with E-state index in [0.717, 1.165) is 25.7 Å². The molecule has 128 valence electrons. The van der Waals surface area contributed by atoms with Crippen LogP contribution in [0.2, 0.25) is 0 Å². The van der Waals surface area contributed by atoms with Gasteiger partial charge in [0.25, 0.3) is 0 Å². The number of quaternary nitrogens is 1. The van der Waals surface area contributed by atoms with Crippen LogP contribution in [0.1, 0.15) is 45.4 Å². The molecule has 2 N–H and O–H groups in total. The monoisotopic (exact) mass is 354 g/mol. The number of rotatable bonds is 14. The van der Waals surface area contributed by atoms with Gasteiger partial charge in [0.2, 0.25) is 0 Å². The van der Waals surface area contributed by atoms with Crippen LogP contribution in [-0.2, 0) is 9.59 Å². The smallest absolute Gasteiger partial charge is 0.550 e. The molecule has 0 bridgehead atoms. The standard InChI is InChI=1S/C16H29NO5.K/c1-2-3-4-5-6-7-10-17(13-14-18,11-8-15(19)20)12-9-16(21)22;/h3-4,18H,2,5-14H2,1H3,(H-,19,20,21,22);/q;+1/b4-3+;. The summed E-state index contributed by atoms with van der Waals surface area (Å²) < 4.78 is 0.328. The normalized spacial score (nSPS) is 13.5. The molecule has 0 aliphatic heterocycles. The quantitative estimate of drug-likeness (QED) is 0.156. The van der Waals surface area contributed by atoms with E-state index in [9.17, 15) is 19.8 Å². The molecule has 0 aromatic carbocycles. The number of hydrogen-bond donors (Lipinski definition) is 2. The number of carbonyl (C=O) groups excluding carboxylic acids is 1. The summed E-state index contributed by atoms with van der Waals surface area (Å²) in [5.41, 5.74) is 0. The van der Waals surface area contributed by atoms with Crippen molar-refractivity contribution in [3.63, 3.8) is 0 Å². The maximum absolute atomic E-state index is 10.8. The summed E-state index contributed by atoms with van der Waals surface area (Å²) in [7, 11) is 0. The first-order valence-corrected chi connectivity index (χ1v) is 7.98. The summed E-state index contributed by atoms with van der Waals surface area (Å²) in [5, 5.41) is 28.9. The average Bonchev–Trinajstić information content (AvgIpc) is 2.46. The molecule has 0 aliphatic carbocycles. The molecule has 0 saturated heterocycles. The Morgan fingerprint density at radius 3 is 2.22 bits per heavy atom. The van der Waals surface area contributed by atoms with Crippen LogP contribution in [0, 0.1) is 0 Å². The van der Waals surface area contributed by atoms with Crippen molar-refractivity contribution in [3.05, 3.63) is 12.2 Å². The molecular formula is C16H29KNO5+. The number of aliphatic hydroxyl groups is 1. The van der Waals surface area contributed by atoms with Crippen molar-refractivity contribution in [1.29, 1.82) is 0 Å². The third kappa shape index (κ3) is 14.3. The van der Waals surface area contributed by atoms with E-state index >= 15 is 0 Å². The minimum absolute atomic E-state index is 0. The van der Waals surface area contributed by atoms with Gasteiger partial charge in [-0.15, -0.1) is 0 Å². The fraction of sp³-hybridized carbons (Fsp3) is 0.750. The van der Waals surface area contributed by atoms with Crippen molar-refractivity contribution in [1.82, 2.24) is 0 Å². The SMILES string of the molecule is CC/C=C/CCCC[N+](CCO)(CCC(=O)[O-])CCC(=O)O.[K+]. The van der Waals surface area contributed by atoms with E-state index in [1.165, 1.54) is 0 Å². The fourth-order valence-electron chi connectivity index (χ4n) is 2.54. The second kappa shape index (κ2) is 15.7. The second-order valence-corrected chi connectivity index (χ2v) is 5.60. The van der Waals surface area contributed by atoms with Gasteiger partial charge in [0.05, 0.1) is 32.7 Å². The van der Waals surface area contributed by atoms with Crippen LogP contribution >= 0.6 is 0 Å². The first-order valence-electron chi connectivity index (χ1n) is 7.98. The maximum atomic E-state index is 10.8. The van der Waals surface area contributed by atoms with Gasteiger partial charge in [-0.3, -0.25) is 4.79 Å². The topological polar surface area (TPSA) is 97.7 Å². The summed E-state index contributed by atoms with van der Waals surface area (Å²) in [5.74, 6) is -2.04. The fourth-order valence-corrected chi connectivity index (χ4v) is 2.54. The summed E-state index contributed by atoms with van der Waals surface area (Å²) in [4.78, 5) is 21.6. The molecule has 0 spiro atoms. The minimum Gasteiger partial charge on any atom is -0.550 e. The van der Waals surface area contributed by atoms with E-state index in [1.807, 2.05) is 0 Å². The molecular weight excluding hydrogens is 325 g/mol. The molecule has 0 aromatic rings. The van der Waals surface area contributed by atoms with E-state index in [-0.39, 0.29) is 70.8 Å². The van der Waals surface area contributed by atoms with Crippen molar-refractivity contribution in [3.8, 4) is 0 Å². The molecule has 1 unspecified atom stereocenters. The van der Waals surface area contributed by atoms with Crippen LogP contribution in [0.5, 0.6) is 0 Å². The molecule has 0 aliphatic rings. The van der Waals surface area contributed by atoms with Gasteiger partial charge in [0.1, 0.15) is 6.54 Å².